The van der Waals surface area contributed by atoms with E-state index in [1.165, 1.54) is 4.90 Å². The van der Waals surface area contributed by atoms with Crippen molar-refractivity contribution in [3.8, 4) is 5.75 Å². The Labute approximate surface area is 93.8 Å². The molecule has 0 radical (unpaired) electrons. The summed E-state index contributed by atoms with van der Waals surface area (Å²) in [6, 6.07) is 3.45. The second kappa shape index (κ2) is 5.56. The summed E-state index contributed by atoms with van der Waals surface area (Å²) < 4.78 is 5.32. The quantitative estimate of drug-likeness (QED) is 0.735. The maximum Gasteiger partial charge on any atom is 0.225 e. The lowest BCUT2D eigenvalue weighted by Gasteiger charge is -2.11. The third-order valence-electron chi connectivity index (χ3n) is 1.80. The molecular weight excluding hydrogens is 216 g/mol. The van der Waals surface area contributed by atoms with Crippen LogP contribution in [0, 0.1) is 0 Å². The third kappa shape index (κ3) is 3.75. The van der Waals surface area contributed by atoms with Crippen molar-refractivity contribution in [1.29, 1.82) is 0 Å². The molecule has 0 unspecified atom stereocenters. The Balaban J connectivity index is 2.38. The van der Waals surface area contributed by atoms with E-state index in [1.807, 2.05) is 0 Å². The van der Waals surface area contributed by atoms with Gasteiger partial charge in [-0.3, -0.25) is 4.79 Å². The molecule has 0 saturated heterocycles. The molecule has 0 aliphatic heterocycles. The van der Waals surface area contributed by atoms with Crippen LogP contribution in [-0.2, 0) is 4.79 Å². The summed E-state index contributed by atoms with van der Waals surface area (Å²) in [7, 11) is 3.42. The molecule has 0 spiro atoms. The molecule has 0 fully saturated rings. The SMILES string of the molecule is CN(C)C(=O)CCOc1cccnc1Cl. The predicted octanol–water partition coefficient (Wildman–Crippen LogP) is 1.59. The van der Waals surface area contributed by atoms with Gasteiger partial charge in [0.1, 0.15) is 0 Å². The molecule has 15 heavy (non-hydrogen) atoms. The molecule has 0 saturated carbocycles. The predicted molar refractivity (Wildman–Crippen MR) is 58.1 cm³/mol. The van der Waals surface area contributed by atoms with Gasteiger partial charge in [-0.2, -0.15) is 0 Å². The van der Waals surface area contributed by atoms with Crippen molar-refractivity contribution in [3.05, 3.63) is 23.5 Å². The lowest BCUT2D eigenvalue weighted by Crippen LogP contribution is -2.23. The number of amides is 1. The van der Waals surface area contributed by atoms with Crippen LogP contribution < -0.4 is 4.74 Å². The van der Waals surface area contributed by atoms with Gasteiger partial charge in [0.15, 0.2) is 10.9 Å². The smallest absolute Gasteiger partial charge is 0.225 e. The largest absolute Gasteiger partial charge is 0.490 e. The van der Waals surface area contributed by atoms with Crippen LogP contribution in [0.2, 0.25) is 5.15 Å². The van der Waals surface area contributed by atoms with Crippen molar-refractivity contribution in [2.24, 2.45) is 0 Å². The molecule has 0 bridgehead atoms. The van der Waals surface area contributed by atoms with E-state index in [0.29, 0.717) is 23.9 Å². The standard InChI is InChI=1S/C10H13ClN2O2/c1-13(2)9(14)5-7-15-8-4-3-6-12-10(8)11/h3-4,6H,5,7H2,1-2H3. The van der Waals surface area contributed by atoms with Crippen LogP contribution >= 0.6 is 11.6 Å². The molecule has 1 aromatic heterocycles. The molecule has 1 amide bonds. The van der Waals surface area contributed by atoms with Crippen molar-refractivity contribution >= 4 is 17.5 Å². The second-order valence-corrected chi connectivity index (χ2v) is 3.54. The Morgan fingerprint density at radius 2 is 2.33 bits per heavy atom. The van der Waals surface area contributed by atoms with Crippen molar-refractivity contribution in [1.82, 2.24) is 9.88 Å². The normalized spacial score (nSPS) is 9.80. The monoisotopic (exact) mass is 228 g/mol. The average molecular weight is 229 g/mol. The molecule has 1 aromatic rings. The molecule has 82 valence electrons. The fourth-order valence-corrected chi connectivity index (χ4v) is 1.12. The number of carbonyl (C=O) groups excluding carboxylic acids is 1. The molecule has 0 aliphatic rings. The van der Waals surface area contributed by atoms with Gasteiger partial charge < -0.3 is 9.64 Å². The Morgan fingerprint density at radius 3 is 2.93 bits per heavy atom. The van der Waals surface area contributed by atoms with Gasteiger partial charge in [-0.1, -0.05) is 11.6 Å². The Bertz CT molecular complexity index is 342. The summed E-state index contributed by atoms with van der Waals surface area (Å²) in [5.41, 5.74) is 0. The summed E-state index contributed by atoms with van der Waals surface area (Å²) in [5.74, 6) is 0.528. The summed E-state index contributed by atoms with van der Waals surface area (Å²) in [5, 5.41) is 0.315. The topological polar surface area (TPSA) is 42.4 Å². The first-order chi connectivity index (χ1) is 7.11. The van der Waals surface area contributed by atoms with Gasteiger partial charge in [0.2, 0.25) is 5.91 Å². The van der Waals surface area contributed by atoms with Gasteiger partial charge in [0.25, 0.3) is 0 Å². The van der Waals surface area contributed by atoms with Crippen LogP contribution in [0.5, 0.6) is 5.75 Å². The number of carbonyl (C=O) groups is 1. The summed E-state index contributed by atoms with van der Waals surface area (Å²) >= 11 is 5.77. The number of nitrogens with zero attached hydrogens (tertiary/aromatic N) is 2. The first-order valence-corrected chi connectivity index (χ1v) is 4.92. The Hall–Kier alpha value is -1.29. The van der Waals surface area contributed by atoms with Crippen molar-refractivity contribution in [3.63, 3.8) is 0 Å². The first kappa shape index (κ1) is 11.8. The van der Waals surface area contributed by atoms with E-state index in [9.17, 15) is 4.79 Å². The van der Waals surface area contributed by atoms with E-state index < -0.39 is 0 Å². The number of ether oxygens (including phenoxy) is 1. The van der Waals surface area contributed by atoms with E-state index in [0.717, 1.165) is 0 Å². The Kier molecular flexibility index (Phi) is 4.37. The zero-order valence-corrected chi connectivity index (χ0v) is 9.49. The first-order valence-electron chi connectivity index (χ1n) is 4.54. The molecule has 0 aromatic carbocycles. The van der Waals surface area contributed by atoms with E-state index >= 15 is 0 Å². The van der Waals surface area contributed by atoms with Gasteiger partial charge in [-0.25, -0.2) is 4.98 Å². The molecule has 1 heterocycles. The number of rotatable bonds is 4. The highest BCUT2D eigenvalue weighted by Gasteiger charge is 2.05. The van der Waals surface area contributed by atoms with Crippen LogP contribution in [0.15, 0.2) is 18.3 Å². The molecule has 0 atom stereocenters. The van der Waals surface area contributed by atoms with Crippen molar-refractivity contribution in [2.75, 3.05) is 20.7 Å². The fraction of sp³-hybridized carbons (Fsp3) is 0.400. The van der Waals surface area contributed by atoms with E-state index in [4.69, 9.17) is 16.3 Å². The summed E-state index contributed by atoms with van der Waals surface area (Å²) in [6.45, 7) is 0.308. The number of hydrogen-bond donors (Lipinski definition) is 0. The summed E-state index contributed by atoms with van der Waals surface area (Å²) in [4.78, 5) is 16.6. The Morgan fingerprint density at radius 1 is 1.60 bits per heavy atom. The minimum atomic E-state index is 0.0232. The van der Waals surface area contributed by atoms with Crippen LogP contribution in [0.1, 0.15) is 6.42 Å². The van der Waals surface area contributed by atoms with Gasteiger partial charge in [-0.05, 0) is 12.1 Å². The number of aromatic nitrogens is 1. The van der Waals surface area contributed by atoms with Gasteiger partial charge >= 0.3 is 0 Å². The van der Waals surface area contributed by atoms with Crippen LogP contribution in [0.4, 0.5) is 0 Å². The van der Waals surface area contributed by atoms with Crippen molar-refractivity contribution < 1.29 is 9.53 Å². The zero-order chi connectivity index (χ0) is 11.3. The van der Waals surface area contributed by atoms with Crippen LogP contribution in [0.25, 0.3) is 0 Å². The average Bonchev–Trinajstić information content (AvgIpc) is 2.20. The number of pyridine rings is 1. The van der Waals surface area contributed by atoms with Crippen LogP contribution in [-0.4, -0.2) is 36.5 Å². The highest BCUT2D eigenvalue weighted by molar-refractivity contribution is 6.30. The minimum Gasteiger partial charge on any atom is -0.490 e. The van der Waals surface area contributed by atoms with E-state index in [1.54, 1.807) is 32.4 Å². The van der Waals surface area contributed by atoms with E-state index in [-0.39, 0.29) is 5.91 Å². The molecule has 5 heteroatoms. The highest BCUT2D eigenvalue weighted by Crippen LogP contribution is 2.20. The minimum absolute atomic E-state index is 0.0232. The maximum absolute atomic E-state index is 11.2. The molecule has 0 aliphatic carbocycles. The third-order valence-corrected chi connectivity index (χ3v) is 2.08. The zero-order valence-electron chi connectivity index (χ0n) is 8.74. The molecule has 1 rings (SSSR count). The number of hydrogen-bond acceptors (Lipinski definition) is 3. The lowest BCUT2D eigenvalue weighted by molar-refractivity contribution is -0.129. The molecular formula is C10H13ClN2O2. The van der Waals surface area contributed by atoms with Gasteiger partial charge in [0.05, 0.1) is 13.0 Å². The van der Waals surface area contributed by atoms with Crippen molar-refractivity contribution in [2.45, 2.75) is 6.42 Å². The highest BCUT2D eigenvalue weighted by atomic mass is 35.5. The second-order valence-electron chi connectivity index (χ2n) is 3.18. The van der Waals surface area contributed by atoms with Gasteiger partial charge in [-0.15, -0.1) is 0 Å². The molecule has 4 nitrogen and oxygen atoms in total. The maximum atomic E-state index is 11.2. The number of halogens is 1. The fourth-order valence-electron chi connectivity index (χ4n) is 0.951. The summed E-state index contributed by atoms with van der Waals surface area (Å²) in [6.07, 6.45) is 1.92. The van der Waals surface area contributed by atoms with Crippen LogP contribution in [0.3, 0.4) is 0 Å². The lowest BCUT2D eigenvalue weighted by atomic mass is 10.4. The van der Waals surface area contributed by atoms with E-state index in [2.05, 4.69) is 4.98 Å². The molecule has 0 N–H and O–H groups in total. The van der Waals surface area contributed by atoms with Gasteiger partial charge in [0, 0.05) is 20.3 Å².